The van der Waals surface area contributed by atoms with Crippen LogP contribution in [-0.4, -0.2) is 41.0 Å². The summed E-state index contributed by atoms with van der Waals surface area (Å²) < 4.78 is 1.12. The van der Waals surface area contributed by atoms with Crippen LogP contribution < -0.4 is 4.90 Å². The third-order valence-electron chi connectivity index (χ3n) is 5.00. The lowest BCUT2D eigenvalue weighted by Gasteiger charge is -2.30. The molecule has 0 saturated heterocycles. The second kappa shape index (κ2) is 7.93. The molecule has 7 heteroatoms. The summed E-state index contributed by atoms with van der Waals surface area (Å²) in [5.41, 5.74) is 1.86. The largest absolute Gasteiger partial charge is 0.337 e. The number of amides is 2. The quantitative estimate of drug-likeness (QED) is 0.627. The molecule has 1 aromatic heterocycles. The number of thiazole rings is 1. The number of carbonyl (C=O) groups is 2. The van der Waals surface area contributed by atoms with Crippen LogP contribution in [0.2, 0.25) is 0 Å². The Labute approximate surface area is 172 Å². The SMILES string of the molecule is C[C@@H](c1nc2ccccc2s1)N(C)C(=O)CCN1C(=O)CSc2ccccc21. The molecular weight excluding hydrogens is 390 g/mol. The van der Waals surface area contributed by atoms with E-state index in [2.05, 4.69) is 4.98 Å². The van der Waals surface area contributed by atoms with Gasteiger partial charge in [-0.25, -0.2) is 4.98 Å². The van der Waals surface area contributed by atoms with Crippen molar-refractivity contribution in [3.05, 3.63) is 53.5 Å². The Balaban J connectivity index is 1.44. The number of rotatable bonds is 5. The molecule has 5 nitrogen and oxygen atoms in total. The maximum Gasteiger partial charge on any atom is 0.237 e. The van der Waals surface area contributed by atoms with E-state index in [4.69, 9.17) is 0 Å². The minimum absolute atomic E-state index is 0.00950. The van der Waals surface area contributed by atoms with Gasteiger partial charge in [0, 0.05) is 24.9 Å². The van der Waals surface area contributed by atoms with Crippen LogP contribution in [0.4, 0.5) is 5.69 Å². The number of benzene rings is 2. The molecule has 1 aliphatic rings. The third-order valence-corrected chi connectivity index (χ3v) is 7.25. The second-order valence-corrected chi connectivity index (χ2v) is 8.83. The van der Waals surface area contributed by atoms with Gasteiger partial charge in [-0.3, -0.25) is 9.59 Å². The Morgan fingerprint density at radius 1 is 1.21 bits per heavy atom. The van der Waals surface area contributed by atoms with Crippen LogP contribution in [0.25, 0.3) is 10.2 Å². The minimum Gasteiger partial charge on any atom is -0.337 e. The second-order valence-electron chi connectivity index (χ2n) is 6.75. The van der Waals surface area contributed by atoms with Crippen molar-refractivity contribution in [3.63, 3.8) is 0 Å². The van der Waals surface area contributed by atoms with Gasteiger partial charge < -0.3 is 9.80 Å². The Kier molecular flexibility index (Phi) is 5.37. The Morgan fingerprint density at radius 3 is 2.79 bits per heavy atom. The van der Waals surface area contributed by atoms with Crippen molar-refractivity contribution in [1.29, 1.82) is 0 Å². The molecule has 0 radical (unpaired) electrons. The summed E-state index contributed by atoms with van der Waals surface area (Å²) in [5.74, 6) is 0.483. The summed E-state index contributed by atoms with van der Waals surface area (Å²) in [5, 5.41) is 0.924. The van der Waals surface area contributed by atoms with Crippen LogP contribution in [-0.2, 0) is 9.59 Å². The smallest absolute Gasteiger partial charge is 0.237 e. The number of carbonyl (C=O) groups excluding carboxylic acids is 2. The molecule has 2 amide bonds. The molecule has 0 aliphatic carbocycles. The average Bonchev–Trinajstić information content (AvgIpc) is 3.16. The number of hydrogen-bond acceptors (Lipinski definition) is 5. The first-order chi connectivity index (χ1) is 13.5. The predicted octanol–water partition coefficient (Wildman–Crippen LogP) is 4.34. The van der Waals surface area contributed by atoms with Gasteiger partial charge in [0.25, 0.3) is 0 Å². The predicted molar refractivity (Wildman–Crippen MR) is 115 cm³/mol. The fourth-order valence-electron chi connectivity index (χ4n) is 3.23. The molecule has 4 rings (SSSR count). The van der Waals surface area contributed by atoms with E-state index in [1.165, 1.54) is 0 Å². The summed E-state index contributed by atoms with van der Waals surface area (Å²) in [4.78, 5) is 34.4. The van der Waals surface area contributed by atoms with Crippen LogP contribution in [0.3, 0.4) is 0 Å². The van der Waals surface area contributed by atoms with Crippen LogP contribution in [0.15, 0.2) is 53.4 Å². The van der Waals surface area contributed by atoms with E-state index in [-0.39, 0.29) is 24.3 Å². The maximum atomic E-state index is 12.8. The van der Waals surface area contributed by atoms with Crippen LogP contribution in [0.1, 0.15) is 24.4 Å². The molecule has 1 atom stereocenters. The molecule has 144 valence electrons. The number of aromatic nitrogens is 1. The normalized spacial score (nSPS) is 14.8. The van der Waals surface area contributed by atoms with E-state index < -0.39 is 0 Å². The van der Waals surface area contributed by atoms with Crippen molar-refractivity contribution in [2.75, 3.05) is 24.2 Å². The Morgan fingerprint density at radius 2 is 1.96 bits per heavy atom. The number of thioether (sulfide) groups is 1. The van der Waals surface area contributed by atoms with Crippen molar-refractivity contribution < 1.29 is 9.59 Å². The number of fused-ring (bicyclic) bond motifs is 2. The highest BCUT2D eigenvalue weighted by Gasteiger charge is 2.26. The minimum atomic E-state index is -0.107. The zero-order chi connectivity index (χ0) is 19.7. The van der Waals surface area contributed by atoms with Gasteiger partial charge in [0.1, 0.15) is 5.01 Å². The van der Waals surface area contributed by atoms with E-state index in [9.17, 15) is 9.59 Å². The Hall–Kier alpha value is -2.38. The lowest BCUT2D eigenvalue weighted by atomic mass is 10.2. The first-order valence-electron chi connectivity index (χ1n) is 9.18. The highest BCUT2D eigenvalue weighted by molar-refractivity contribution is 8.00. The monoisotopic (exact) mass is 411 g/mol. The molecule has 0 spiro atoms. The number of hydrogen-bond donors (Lipinski definition) is 0. The van der Waals surface area contributed by atoms with Gasteiger partial charge in [-0.05, 0) is 31.2 Å². The van der Waals surface area contributed by atoms with Gasteiger partial charge in [0.05, 0.1) is 27.7 Å². The summed E-state index contributed by atoms with van der Waals surface area (Å²) >= 11 is 3.17. The van der Waals surface area contributed by atoms with Gasteiger partial charge in [-0.1, -0.05) is 24.3 Å². The van der Waals surface area contributed by atoms with Gasteiger partial charge >= 0.3 is 0 Å². The van der Waals surface area contributed by atoms with Crippen LogP contribution >= 0.6 is 23.1 Å². The Bertz CT molecular complexity index is 1000. The summed E-state index contributed by atoms with van der Waals surface area (Å²) in [6, 6.07) is 15.7. The van der Waals surface area contributed by atoms with Crippen molar-refractivity contribution in [2.24, 2.45) is 0 Å². The zero-order valence-electron chi connectivity index (χ0n) is 15.8. The average molecular weight is 412 g/mol. The molecule has 2 aromatic carbocycles. The van der Waals surface area contributed by atoms with E-state index in [1.807, 2.05) is 55.5 Å². The van der Waals surface area contributed by atoms with Gasteiger partial charge in [0.15, 0.2) is 0 Å². The van der Waals surface area contributed by atoms with Crippen molar-refractivity contribution in [3.8, 4) is 0 Å². The maximum absolute atomic E-state index is 12.8. The molecule has 2 heterocycles. The summed E-state index contributed by atoms with van der Waals surface area (Å²) in [7, 11) is 1.81. The molecule has 3 aromatic rings. The third kappa shape index (κ3) is 3.64. The van der Waals surface area contributed by atoms with Crippen LogP contribution in [0, 0.1) is 0 Å². The molecule has 0 saturated carbocycles. The van der Waals surface area contributed by atoms with Crippen molar-refractivity contribution >= 4 is 50.8 Å². The van der Waals surface area contributed by atoms with Gasteiger partial charge in [0.2, 0.25) is 11.8 Å². The van der Waals surface area contributed by atoms with Gasteiger partial charge in [-0.15, -0.1) is 23.1 Å². The molecule has 1 aliphatic heterocycles. The molecular formula is C21H21N3O2S2. The van der Waals surface area contributed by atoms with E-state index >= 15 is 0 Å². The summed E-state index contributed by atoms with van der Waals surface area (Å²) in [6.07, 6.45) is 0.288. The van der Waals surface area contributed by atoms with Crippen molar-refractivity contribution in [1.82, 2.24) is 9.88 Å². The van der Waals surface area contributed by atoms with E-state index in [0.717, 1.165) is 25.8 Å². The molecule has 0 bridgehead atoms. The summed E-state index contributed by atoms with van der Waals surface area (Å²) in [6.45, 7) is 2.39. The number of anilines is 1. The fraction of sp³-hybridized carbons (Fsp3) is 0.286. The topological polar surface area (TPSA) is 53.5 Å². The lowest BCUT2D eigenvalue weighted by molar-refractivity contribution is -0.131. The van der Waals surface area contributed by atoms with Gasteiger partial charge in [-0.2, -0.15) is 0 Å². The highest BCUT2D eigenvalue weighted by atomic mass is 32.2. The molecule has 0 unspecified atom stereocenters. The van der Waals surface area contributed by atoms with Crippen LogP contribution in [0.5, 0.6) is 0 Å². The first-order valence-corrected chi connectivity index (χ1v) is 11.0. The van der Waals surface area contributed by atoms with E-state index in [0.29, 0.717) is 12.3 Å². The fourth-order valence-corrected chi connectivity index (χ4v) is 5.23. The lowest BCUT2D eigenvalue weighted by Crippen LogP contribution is -2.39. The van der Waals surface area contributed by atoms with Crippen molar-refractivity contribution in [2.45, 2.75) is 24.3 Å². The number of nitrogens with zero attached hydrogens (tertiary/aromatic N) is 3. The zero-order valence-corrected chi connectivity index (χ0v) is 17.4. The molecule has 0 N–H and O–H groups in total. The number of para-hydroxylation sites is 2. The van der Waals surface area contributed by atoms with E-state index in [1.54, 1.807) is 39.9 Å². The standard InChI is InChI=1S/C21H21N3O2S2/c1-14(21-22-15-7-3-5-9-17(15)28-21)23(2)19(25)11-12-24-16-8-4-6-10-18(16)27-13-20(24)26/h3-10,14H,11-13H2,1-2H3/t14-/m0/s1. The first kappa shape index (κ1) is 19.0. The highest BCUT2D eigenvalue weighted by Crippen LogP contribution is 2.35. The molecule has 28 heavy (non-hydrogen) atoms. The molecule has 0 fully saturated rings.